The number of fused-ring (bicyclic) bond motifs is 5. The van der Waals surface area contributed by atoms with Crippen molar-refractivity contribution in [2.24, 2.45) is 22.7 Å². The van der Waals surface area contributed by atoms with Crippen LogP contribution < -0.4 is 4.18 Å². The third-order valence-electron chi connectivity index (χ3n) is 8.07. The second-order valence-electron chi connectivity index (χ2n) is 9.18. The minimum atomic E-state index is -3.47. The van der Waals surface area contributed by atoms with E-state index in [0.717, 1.165) is 24.5 Å². The zero-order valence-electron chi connectivity index (χ0n) is 16.1. The Kier molecular flexibility index (Phi) is 4.07. The Morgan fingerprint density at radius 1 is 1.19 bits per heavy atom. The van der Waals surface area contributed by atoms with Gasteiger partial charge in [0, 0.05) is 0 Å². The van der Waals surface area contributed by atoms with E-state index in [1.54, 1.807) is 0 Å². The molecule has 0 amide bonds. The highest BCUT2D eigenvalue weighted by Gasteiger charge is 2.58. The van der Waals surface area contributed by atoms with E-state index in [0.29, 0.717) is 17.1 Å². The van der Waals surface area contributed by atoms with Gasteiger partial charge in [-0.2, -0.15) is 8.42 Å². The van der Waals surface area contributed by atoms with Gasteiger partial charge in [-0.15, -0.1) is 6.58 Å². The van der Waals surface area contributed by atoms with E-state index in [1.807, 2.05) is 12.1 Å². The number of aryl methyl sites for hydroxylation is 1. The first-order chi connectivity index (χ1) is 12.2. The van der Waals surface area contributed by atoms with Crippen molar-refractivity contribution in [1.82, 2.24) is 0 Å². The lowest BCUT2D eigenvalue weighted by atomic mass is 9.51. The molecular weight excluding hydrogens is 344 g/mol. The molecule has 0 spiro atoms. The average molecular weight is 375 g/mol. The highest BCUT2D eigenvalue weighted by Crippen LogP contribution is 2.67. The van der Waals surface area contributed by atoms with Crippen LogP contribution >= 0.6 is 0 Å². The molecule has 0 radical (unpaired) electrons. The molecule has 142 valence electrons. The minimum Gasteiger partial charge on any atom is -0.383 e. The van der Waals surface area contributed by atoms with Gasteiger partial charge in [0.05, 0.1) is 6.26 Å². The van der Waals surface area contributed by atoms with Crippen molar-refractivity contribution in [2.45, 2.75) is 58.3 Å². The minimum absolute atomic E-state index is 0.260. The van der Waals surface area contributed by atoms with E-state index in [9.17, 15) is 8.42 Å². The van der Waals surface area contributed by atoms with Crippen LogP contribution in [-0.2, 0) is 16.5 Å². The lowest BCUT2D eigenvalue weighted by Gasteiger charge is -2.53. The largest absolute Gasteiger partial charge is 0.383 e. The van der Waals surface area contributed by atoms with Crippen LogP contribution in [0.25, 0.3) is 0 Å². The molecule has 4 heteroatoms. The Hall–Kier alpha value is -1.29. The second kappa shape index (κ2) is 5.85. The molecule has 1 aromatic rings. The Morgan fingerprint density at radius 2 is 1.96 bits per heavy atom. The smallest absolute Gasteiger partial charge is 0.306 e. The van der Waals surface area contributed by atoms with Crippen LogP contribution in [0.3, 0.4) is 0 Å². The van der Waals surface area contributed by atoms with Crippen LogP contribution in [0.5, 0.6) is 5.75 Å². The summed E-state index contributed by atoms with van der Waals surface area (Å²) in [7, 11) is -3.47. The van der Waals surface area contributed by atoms with Gasteiger partial charge in [0.1, 0.15) is 5.75 Å². The van der Waals surface area contributed by atoms with Crippen molar-refractivity contribution in [1.29, 1.82) is 0 Å². The number of benzene rings is 1. The van der Waals surface area contributed by atoms with Crippen molar-refractivity contribution in [2.75, 3.05) is 6.26 Å². The Labute approximate surface area is 158 Å². The monoisotopic (exact) mass is 374 g/mol. The SMILES string of the molecule is C=C[C@@]1(C)CC[C@H]2[C@@H]3CCc4cc(OS(C)(=O)=O)ccc4[C@H]3CC[C@@]21C. The lowest BCUT2D eigenvalue weighted by molar-refractivity contribution is 0.00493. The van der Waals surface area contributed by atoms with Gasteiger partial charge < -0.3 is 4.18 Å². The van der Waals surface area contributed by atoms with Crippen molar-refractivity contribution >= 4 is 10.1 Å². The molecule has 4 rings (SSSR count). The molecule has 1 aromatic carbocycles. The maximum Gasteiger partial charge on any atom is 0.306 e. The molecule has 3 aliphatic carbocycles. The lowest BCUT2D eigenvalue weighted by Crippen LogP contribution is -2.45. The van der Waals surface area contributed by atoms with E-state index in [-0.39, 0.29) is 5.41 Å². The van der Waals surface area contributed by atoms with E-state index in [1.165, 1.54) is 43.2 Å². The van der Waals surface area contributed by atoms with Gasteiger partial charge in [-0.3, -0.25) is 0 Å². The van der Waals surface area contributed by atoms with Gasteiger partial charge in [0.25, 0.3) is 0 Å². The Morgan fingerprint density at radius 3 is 2.65 bits per heavy atom. The second-order valence-corrected chi connectivity index (χ2v) is 10.8. The number of allylic oxidation sites excluding steroid dienone is 1. The number of hydrogen-bond acceptors (Lipinski definition) is 3. The standard InChI is InChI=1S/C22H30O3S/c1-5-21(2)12-11-20-19-8-6-15-14-16(25-26(4,23)24)7-9-17(15)18(19)10-13-22(20,21)3/h5,7,9,14,18-20H,1,6,8,10-13H2,2-4H3/t18-,19-,20+,21+,22+/m1/s1. The number of rotatable bonds is 3. The van der Waals surface area contributed by atoms with Crippen LogP contribution in [0.4, 0.5) is 0 Å². The highest BCUT2D eigenvalue weighted by atomic mass is 32.2. The topological polar surface area (TPSA) is 43.4 Å². The third-order valence-corrected chi connectivity index (χ3v) is 8.56. The molecular formula is C22H30O3S. The summed E-state index contributed by atoms with van der Waals surface area (Å²) in [4.78, 5) is 0. The molecule has 5 atom stereocenters. The summed E-state index contributed by atoms with van der Waals surface area (Å²) in [5.74, 6) is 2.57. The van der Waals surface area contributed by atoms with Gasteiger partial charge >= 0.3 is 10.1 Å². The summed E-state index contributed by atoms with van der Waals surface area (Å²) < 4.78 is 27.9. The van der Waals surface area contributed by atoms with Gasteiger partial charge in [-0.1, -0.05) is 26.0 Å². The molecule has 0 heterocycles. The van der Waals surface area contributed by atoms with Crippen LogP contribution in [0, 0.1) is 22.7 Å². The van der Waals surface area contributed by atoms with Crippen molar-refractivity contribution < 1.29 is 12.6 Å². The molecule has 0 unspecified atom stereocenters. The van der Waals surface area contributed by atoms with Gasteiger partial charge in [0.2, 0.25) is 0 Å². The molecule has 2 fully saturated rings. The Bertz CT molecular complexity index is 843. The van der Waals surface area contributed by atoms with Crippen molar-refractivity contribution in [3.63, 3.8) is 0 Å². The van der Waals surface area contributed by atoms with Crippen LogP contribution in [0.1, 0.15) is 63.0 Å². The fourth-order valence-electron chi connectivity index (χ4n) is 6.42. The van der Waals surface area contributed by atoms with Crippen molar-refractivity contribution in [3.8, 4) is 5.75 Å². The predicted molar refractivity (Wildman–Crippen MR) is 105 cm³/mol. The first-order valence-corrected chi connectivity index (χ1v) is 11.6. The summed E-state index contributed by atoms with van der Waals surface area (Å²) in [5, 5.41) is 0. The summed E-state index contributed by atoms with van der Waals surface area (Å²) in [5.41, 5.74) is 3.33. The van der Waals surface area contributed by atoms with E-state index in [4.69, 9.17) is 4.18 Å². The molecule has 0 aliphatic heterocycles. The van der Waals surface area contributed by atoms with Crippen LogP contribution in [0.2, 0.25) is 0 Å². The Balaban J connectivity index is 1.64. The quantitative estimate of drug-likeness (QED) is 0.548. The molecule has 3 aliphatic rings. The third kappa shape index (κ3) is 2.64. The van der Waals surface area contributed by atoms with Gasteiger partial charge in [-0.25, -0.2) is 0 Å². The molecule has 0 aromatic heterocycles. The number of hydrogen-bond donors (Lipinski definition) is 0. The van der Waals surface area contributed by atoms with E-state index in [2.05, 4.69) is 32.6 Å². The van der Waals surface area contributed by atoms with Crippen molar-refractivity contribution in [3.05, 3.63) is 42.0 Å². The summed E-state index contributed by atoms with van der Waals surface area (Å²) >= 11 is 0. The summed E-state index contributed by atoms with van der Waals surface area (Å²) in [6.45, 7) is 9.08. The first kappa shape index (κ1) is 18.1. The maximum absolute atomic E-state index is 11.4. The summed E-state index contributed by atoms with van der Waals surface area (Å²) in [6.07, 6.45) is 10.6. The van der Waals surface area contributed by atoms with Gasteiger partial charge in [-0.05, 0) is 90.4 Å². The van der Waals surface area contributed by atoms with Gasteiger partial charge in [0.15, 0.2) is 0 Å². The predicted octanol–water partition coefficient (Wildman–Crippen LogP) is 5.07. The van der Waals surface area contributed by atoms with E-state index >= 15 is 0 Å². The molecule has 26 heavy (non-hydrogen) atoms. The highest BCUT2D eigenvalue weighted by molar-refractivity contribution is 7.86. The zero-order valence-corrected chi connectivity index (χ0v) is 16.9. The zero-order chi connectivity index (χ0) is 18.7. The van der Waals surface area contributed by atoms with Crippen LogP contribution in [0.15, 0.2) is 30.9 Å². The van der Waals surface area contributed by atoms with E-state index < -0.39 is 10.1 Å². The molecule has 2 saturated carbocycles. The molecule has 0 saturated heterocycles. The molecule has 3 nitrogen and oxygen atoms in total. The fourth-order valence-corrected chi connectivity index (χ4v) is 6.88. The van der Waals surface area contributed by atoms with Crippen LogP contribution in [-0.4, -0.2) is 14.7 Å². The molecule has 0 bridgehead atoms. The fraction of sp³-hybridized carbons (Fsp3) is 0.636. The first-order valence-electron chi connectivity index (χ1n) is 9.83. The maximum atomic E-state index is 11.4. The normalized spacial score (nSPS) is 38.8. The summed E-state index contributed by atoms with van der Waals surface area (Å²) in [6, 6.07) is 5.90. The average Bonchev–Trinajstić information content (AvgIpc) is 2.85. The molecule has 0 N–H and O–H groups in total.